The number of aromatic nitrogens is 3. The number of para-hydroxylation sites is 1. The molecule has 5 heteroatoms. The number of hydrogen-bond acceptors (Lipinski definition) is 5. The van der Waals surface area contributed by atoms with E-state index in [9.17, 15) is 0 Å². The van der Waals surface area contributed by atoms with Crippen molar-refractivity contribution in [3.63, 3.8) is 0 Å². The van der Waals surface area contributed by atoms with Gasteiger partial charge in [0, 0.05) is 17.3 Å². The Morgan fingerprint density at radius 1 is 1.00 bits per heavy atom. The average molecular weight is 254 g/mol. The number of hydrogen-bond donors (Lipinski definition) is 1. The largest absolute Gasteiger partial charge is 0.399 e. The van der Waals surface area contributed by atoms with Gasteiger partial charge in [-0.25, -0.2) is 15.0 Å². The zero-order chi connectivity index (χ0) is 12.4. The number of nitrogens with two attached hydrogens (primary N) is 1. The van der Waals surface area contributed by atoms with Crippen LogP contribution in [0.2, 0.25) is 0 Å². The Morgan fingerprint density at radius 3 is 2.78 bits per heavy atom. The first-order chi connectivity index (χ1) is 8.83. The summed E-state index contributed by atoms with van der Waals surface area (Å²) in [6.07, 6.45) is 3.26. The molecule has 0 saturated carbocycles. The van der Waals surface area contributed by atoms with Crippen molar-refractivity contribution in [1.82, 2.24) is 15.0 Å². The standard InChI is InChI=1S/C13H10N4S/c14-9-5-6-15-12(7-9)18-13-10-3-1-2-4-11(10)16-8-17-13/h1-8H,(H2,14,15). The molecule has 1 aromatic carbocycles. The highest BCUT2D eigenvalue weighted by atomic mass is 32.2. The van der Waals surface area contributed by atoms with E-state index < -0.39 is 0 Å². The number of nitrogen functional groups attached to an aromatic ring is 1. The molecule has 2 heterocycles. The number of benzene rings is 1. The maximum atomic E-state index is 5.74. The SMILES string of the molecule is Nc1ccnc(Sc2ncnc3ccccc23)c1. The van der Waals surface area contributed by atoms with Gasteiger partial charge in [-0.15, -0.1) is 0 Å². The van der Waals surface area contributed by atoms with E-state index in [0.29, 0.717) is 5.69 Å². The first-order valence-electron chi connectivity index (χ1n) is 5.42. The molecule has 0 aliphatic rings. The normalized spacial score (nSPS) is 10.7. The summed E-state index contributed by atoms with van der Waals surface area (Å²) in [5.41, 5.74) is 7.37. The second kappa shape index (κ2) is 4.62. The number of nitrogens with zero attached hydrogens (tertiary/aromatic N) is 3. The molecule has 0 atom stereocenters. The Morgan fingerprint density at radius 2 is 1.89 bits per heavy atom. The van der Waals surface area contributed by atoms with Crippen LogP contribution in [-0.4, -0.2) is 15.0 Å². The van der Waals surface area contributed by atoms with Crippen molar-refractivity contribution in [3.8, 4) is 0 Å². The average Bonchev–Trinajstić information content (AvgIpc) is 2.39. The monoisotopic (exact) mass is 254 g/mol. The summed E-state index contributed by atoms with van der Waals surface area (Å²) in [7, 11) is 0. The van der Waals surface area contributed by atoms with E-state index in [1.165, 1.54) is 11.8 Å². The summed E-state index contributed by atoms with van der Waals surface area (Å²) < 4.78 is 0. The zero-order valence-electron chi connectivity index (χ0n) is 9.45. The lowest BCUT2D eigenvalue weighted by Crippen LogP contribution is -1.89. The number of pyridine rings is 1. The number of fused-ring (bicyclic) bond motifs is 1. The maximum absolute atomic E-state index is 5.74. The van der Waals surface area contributed by atoms with Crippen LogP contribution in [0.3, 0.4) is 0 Å². The van der Waals surface area contributed by atoms with Crippen molar-refractivity contribution >= 4 is 28.4 Å². The van der Waals surface area contributed by atoms with Crippen LogP contribution in [0.5, 0.6) is 0 Å². The quantitative estimate of drug-likeness (QED) is 0.712. The van der Waals surface area contributed by atoms with Crippen LogP contribution in [0.4, 0.5) is 5.69 Å². The van der Waals surface area contributed by atoms with E-state index in [1.54, 1.807) is 18.6 Å². The zero-order valence-corrected chi connectivity index (χ0v) is 10.3. The molecule has 0 bridgehead atoms. The molecule has 4 nitrogen and oxygen atoms in total. The summed E-state index contributed by atoms with van der Waals surface area (Å²) in [6, 6.07) is 11.5. The number of anilines is 1. The molecule has 2 N–H and O–H groups in total. The molecule has 0 unspecified atom stereocenters. The molecule has 0 amide bonds. The van der Waals surface area contributed by atoms with Gasteiger partial charge in [0.05, 0.1) is 5.52 Å². The van der Waals surface area contributed by atoms with Crippen molar-refractivity contribution in [2.75, 3.05) is 5.73 Å². The highest BCUT2D eigenvalue weighted by molar-refractivity contribution is 7.99. The summed E-state index contributed by atoms with van der Waals surface area (Å²) in [5.74, 6) is 0. The first-order valence-corrected chi connectivity index (χ1v) is 6.24. The van der Waals surface area contributed by atoms with Gasteiger partial charge in [-0.05, 0) is 30.0 Å². The molecule has 0 fully saturated rings. The molecule has 18 heavy (non-hydrogen) atoms. The third-order valence-corrected chi connectivity index (χ3v) is 3.42. The highest BCUT2D eigenvalue weighted by Gasteiger charge is 2.06. The van der Waals surface area contributed by atoms with Crippen LogP contribution < -0.4 is 5.73 Å². The summed E-state index contributed by atoms with van der Waals surface area (Å²) >= 11 is 1.49. The minimum Gasteiger partial charge on any atom is -0.399 e. The second-order valence-electron chi connectivity index (χ2n) is 3.73. The predicted octanol–water partition coefficient (Wildman–Crippen LogP) is 2.76. The van der Waals surface area contributed by atoms with E-state index in [0.717, 1.165) is 21.0 Å². The van der Waals surface area contributed by atoms with Crippen LogP contribution in [0.25, 0.3) is 10.9 Å². The molecule has 2 aromatic heterocycles. The molecular formula is C13H10N4S. The molecule has 3 rings (SSSR count). The van der Waals surface area contributed by atoms with Crippen LogP contribution >= 0.6 is 11.8 Å². The highest BCUT2D eigenvalue weighted by Crippen LogP contribution is 2.30. The van der Waals surface area contributed by atoms with Crippen molar-refractivity contribution in [2.24, 2.45) is 0 Å². The lowest BCUT2D eigenvalue weighted by atomic mass is 10.2. The molecule has 0 aliphatic heterocycles. The Hall–Kier alpha value is -2.14. The van der Waals surface area contributed by atoms with Gasteiger partial charge in [0.15, 0.2) is 0 Å². The Bertz CT molecular complexity index is 694. The van der Waals surface area contributed by atoms with Crippen molar-refractivity contribution in [3.05, 3.63) is 48.9 Å². The first kappa shape index (κ1) is 11.0. The lowest BCUT2D eigenvalue weighted by molar-refractivity contribution is 1.08. The Balaban J connectivity index is 2.05. The van der Waals surface area contributed by atoms with Crippen LogP contribution in [0.15, 0.2) is 59.0 Å². The van der Waals surface area contributed by atoms with E-state index >= 15 is 0 Å². The third-order valence-electron chi connectivity index (χ3n) is 2.47. The van der Waals surface area contributed by atoms with Crippen molar-refractivity contribution < 1.29 is 0 Å². The van der Waals surface area contributed by atoms with Gasteiger partial charge in [-0.1, -0.05) is 18.2 Å². The second-order valence-corrected chi connectivity index (χ2v) is 4.73. The van der Waals surface area contributed by atoms with Crippen LogP contribution in [-0.2, 0) is 0 Å². The van der Waals surface area contributed by atoms with Gasteiger partial charge < -0.3 is 5.73 Å². The van der Waals surface area contributed by atoms with E-state index in [-0.39, 0.29) is 0 Å². The van der Waals surface area contributed by atoms with E-state index in [2.05, 4.69) is 15.0 Å². The summed E-state index contributed by atoms with van der Waals surface area (Å²) in [5, 5.41) is 2.74. The lowest BCUT2D eigenvalue weighted by Gasteiger charge is -2.04. The Kier molecular flexibility index (Phi) is 2.82. The Labute approximate surface area is 108 Å². The fraction of sp³-hybridized carbons (Fsp3) is 0. The van der Waals surface area contributed by atoms with Gasteiger partial charge >= 0.3 is 0 Å². The topological polar surface area (TPSA) is 64.7 Å². The van der Waals surface area contributed by atoms with Crippen molar-refractivity contribution in [1.29, 1.82) is 0 Å². The van der Waals surface area contributed by atoms with Gasteiger partial charge in [0.25, 0.3) is 0 Å². The van der Waals surface area contributed by atoms with Gasteiger partial charge in [-0.2, -0.15) is 0 Å². The maximum Gasteiger partial charge on any atom is 0.117 e. The van der Waals surface area contributed by atoms with E-state index in [1.807, 2.05) is 30.3 Å². The predicted molar refractivity (Wildman–Crippen MR) is 72.3 cm³/mol. The fourth-order valence-corrected chi connectivity index (χ4v) is 2.53. The molecular weight excluding hydrogens is 244 g/mol. The minimum atomic E-state index is 0.700. The van der Waals surface area contributed by atoms with Gasteiger partial charge in [-0.3, -0.25) is 0 Å². The van der Waals surface area contributed by atoms with Gasteiger partial charge in [0.1, 0.15) is 16.4 Å². The molecule has 88 valence electrons. The van der Waals surface area contributed by atoms with E-state index in [4.69, 9.17) is 5.73 Å². The molecule has 3 aromatic rings. The van der Waals surface area contributed by atoms with Crippen molar-refractivity contribution in [2.45, 2.75) is 10.1 Å². The molecule has 0 saturated heterocycles. The fourth-order valence-electron chi connectivity index (χ4n) is 1.64. The third kappa shape index (κ3) is 2.12. The minimum absolute atomic E-state index is 0.700. The molecule has 0 aliphatic carbocycles. The van der Waals surface area contributed by atoms with Crippen LogP contribution in [0.1, 0.15) is 0 Å². The van der Waals surface area contributed by atoms with Crippen LogP contribution in [0, 0.1) is 0 Å². The summed E-state index contributed by atoms with van der Waals surface area (Å²) in [4.78, 5) is 12.8. The van der Waals surface area contributed by atoms with Gasteiger partial charge in [0.2, 0.25) is 0 Å². The number of rotatable bonds is 2. The smallest absolute Gasteiger partial charge is 0.117 e. The summed E-state index contributed by atoms with van der Waals surface area (Å²) in [6.45, 7) is 0. The molecule has 0 spiro atoms. The molecule has 0 radical (unpaired) electrons.